The van der Waals surface area contributed by atoms with E-state index in [0.29, 0.717) is 55.3 Å². The lowest BCUT2D eigenvalue weighted by Crippen LogP contribution is -2.21. The Morgan fingerprint density at radius 3 is 2.26 bits per heavy atom. The summed E-state index contributed by atoms with van der Waals surface area (Å²) in [5.74, 6) is 1.35. The lowest BCUT2D eigenvalue weighted by Gasteiger charge is -2.16. The minimum atomic E-state index is 0.0146. The molecule has 2 heterocycles. The first kappa shape index (κ1) is 34.3. The van der Waals surface area contributed by atoms with Crippen LogP contribution in [-0.4, -0.2) is 61.2 Å². The van der Waals surface area contributed by atoms with E-state index in [0.717, 1.165) is 35.8 Å². The molecule has 1 unspecified atom stereocenters. The highest BCUT2D eigenvalue weighted by atomic mass is 32.1. The summed E-state index contributed by atoms with van der Waals surface area (Å²) in [7, 11) is 1.64. The van der Waals surface area contributed by atoms with Crippen LogP contribution in [0.5, 0.6) is 5.75 Å². The smallest absolute Gasteiger partial charge is 0.252 e. The van der Waals surface area contributed by atoms with Gasteiger partial charge >= 0.3 is 0 Å². The lowest BCUT2D eigenvalue weighted by atomic mass is 9.98. The van der Waals surface area contributed by atoms with Crippen LogP contribution in [0.4, 0.5) is 16.1 Å². The van der Waals surface area contributed by atoms with Crippen molar-refractivity contribution in [2.45, 2.75) is 46.6 Å². The molecule has 0 aliphatic carbocycles. The number of ether oxygens (including phenoxy) is 3. The van der Waals surface area contributed by atoms with Gasteiger partial charge in [-0.15, -0.1) is 10.2 Å². The predicted octanol–water partition coefficient (Wildman–Crippen LogP) is 7.62. The number of imidazole rings is 1. The summed E-state index contributed by atoms with van der Waals surface area (Å²) < 4.78 is 17.9. The molecule has 4 rings (SSSR count). The molecule has 1 atom stereocenters. The van der Waals surface area contributed by atoms with E-state index in [2.05, 4.69) is 66.0 Å². The van der Waals surface area contributed by atoms with Gasteiger partial charge in [-0.05, 0) is 61.6 Å². The van der Waals surface area contributed by atoms with Crippen molar-refractivity contribution >= 4 is 27.4 Å². The highest BCUT2D eigenvalue weighted by Crippen LogP contribution is 2.41. The molecule has 0 spiro atoms. The molecule has 2 aromatic carbocycles. The van der Waals surface area contributed by atoms with E-state index in [1.165, 1.54) is 16.9 Å². The van der Waals surface area contributed by atoms with Gasteiger partial charge < -0.3 is 19.1 Å². The van der Waals surface area contributed by atoms with Gasteiger partial charge in [0.25, 0.3) is 5.95 Å². The van der Waals surface area contributed by atoms with Crippen molar-refractivity contribution in [3.63, 3.8) is 0 Å². The molecule has 4 aromatic rings. The Hall–Kier alpha value is -4.62. The first-order valence-electron chi connectivity index (χ1n) is 15.4. The monoisotopic (exact) mass is 640 g/mol. The van der Waals surface area contributed by atoms with Gasteiger partial charge in [0.1, 0.15) is 30.2 Å². The van der Waals surface area contributed by atoms with Gasteiger partial charge in [0.15, 0.2) is 21.5 Å². The summed E-state index contributed by atoms with van der Waals surface area (Å²) in [5, 5.41) is 30.1. The third-order valence-electron chi connectivity index (χ3n) is 7.58. The number of benzene rings is 2. The van der Waals surface area contributed by atoms with Gasteiger partial charge in [-0.1, -0.05) is 49.4 Å². The molecule has 11 nitrogen and oxygen atoms in total. The van der Waals surface area contributed by atoms with E-state index in [1.54, 1.807) is 11.7 Å². The van der Waals surface area contributed by atoms with Crippen molar-refractivity contribution in [3.8, 4) is 29.1 Å². The van der Waals surface area contributed by atoms with E-state index >= 15 is 0 Å². The van der Waals surface area contributed by atoms with Crippen LogP contribution < -0.4 is 9.64 Å². The third kappa shape index (κ3) is 8.55. The molecule has 240 valence electrons. The Kier molecular flexibility index (Phi) is 12.8. The Morgan fingerprint density at radius 2 is 1.63 bits per heavy atom. The number of rotatable bonds is 17. The number of aromatic nitrogens is 3. The fourth-order valence-electron chi connectivity index (χ4n) is 4.68. The molecule has 0 aliphatic heterocycles. The number of thiazole rings is 1. The van der Waals surface area contributed by atoms with Crippen LogP contribution in [0, 0.1) is 22.7 Å². The van der Waals surface area contributed by atoms with E-state index in [4.69, 9.17) is 19.2 Å². The van der Waals surface area contributed by atoms with Crippen LogP contribution in [0.15, 0.2) is 58.8 Å². The van der Waals surface area contributed by atoms with E-state index in [-0.39, 0.29) is 17.3 Å². The van der Waals surface area contributed by atoms with E-state index in [1.807, 2.05) is 42.5 Å². The number of nitrogens with zero attached hydrogens (tertiary/aromatic N) is 8. The zero-order valence-corrected chi connectivity index (χ0v) is 27.9. The van der Waals surface area contributed by atoms with E-state index < -0.39 is 0 Å². The fourth-order valence-corrected chi connectivity index (χ4v) is 5.72. The Morgan fingerprint density at radius 1 is 0.913 bits per heavy atom. The second-order valence-electron chi connectivity index (χ2n) is 10.5. The molecule has 0 radical (unpaired) electrons. The zero-order valence-electron chi connectivity index (χ0n) is 27.1. The lowest BCUT2D eigenvalue weighted by molar-refractivity contribution is 0.0544. The first-order valence-corrected chi connectivity index (χ1v) is 16.2. The largest absolute Gasteiger partial charge is 0.491 e. The number of anilines is 1. The first-order chi connectivity index (χ1) is 22.5. The summed E-state index contributed by atoms with van der Waals surface area (Å²) >= 11 is 1.43. The number of methoxy groups -OCH3 is 1. The van der Waals surface area contributed by atoms with E-state index in [9.17, 15) is 10.5 Å². The number of nitriles is 2. The molecule has 0 bridgehead atoms. The second kappa shape index (κ2) is 17.2. The van der Waals surface area contributed by atoms with Gasteiger partial charge in [0, 0.05) is 25.8 Å². The number of hydrogen-bond acceptors (Lipinski definition) is 11. The summed E-state index contributed by atoms with van der Waals surface area (Å²) in [5.41, 5.74) is 3.91. The molecule has 12 heteroatoms. The van der Waals surface area contributed by atoms with Crippen LogP contribution >= 0.6 is 11.3 Å². The van der Waals surface area contributed by atoms with Gasteiger partial charge in [0.05, 0.1) is 26.4 Å². The minimum Gasteiger partial charge on any atom is -0.491 e. The summed E-state index contributed by atoms with van der Waals surface area (Å²) in [6.07, 6.45) is 1.05. The van der Waals surface area contributed by atoms with Gasteiger partial charge in [-0.3, -0.25) is 4.57 Å². The van der Waals surface area contributed by atoms with Crippen LogP contribution in [0.25, 0.3) is 11.3 Å². The quantitative estimate of drug-likeness (QED) is 0.0850. The van der Waals surface area contributed by atoms with Crippen molar-refractivity contribution in [1.29, 1.82) is 10.5 Å². The SMILES string of the molecule is CCC(C)c1ccc(Cn2c(/N=N/c3sc(N(CC)CC)nc3-c3ccc(OCCOCCOC)cc3)nc(C#N)c2C#N)cc1. The molecule has 46 heavy (non-hydrogen) atoms. The maximum atomic E-state index is 9.92. The molecule has 0 aliphatic rings. The zero-order chi connectivity index (χ0) is 32.9. The fraction of sp³-hybridized carbons (Fsp3) is 0.412. The van der Waals surface area contributed by atoms with Gasteiger partial charge in [-0.2, -0.15) is 15.5 Å². The van der Waals surface area contributed by atoms with Gasteiger partial charge in [-0.25, -0.2) is 4.98 Å². The number of hydrogen-bond donors (Lipinski definition) is 0. The van der Waals surface area contributed by atoms with Crippen LogP contribution in [0.1, 0.15) is 62.5 Å². The number of azo groups is 1. The predicted molar refractivity (Wildman–Crippen MR) is 179 cm³/mol. The third-order valence-corrected chi connectivity index (χ3v) is 8.58. The van der Waals surface area contributed by atoms with Crippen molar-refractivity contribution in [1.82, 2.24) is 14.5 Å². The highest BCUT2D eigenvalue weighted by Gasteiger charge is 2.20. The Labute approximate surface area is 274 Å². The Bertz CT molecular complexity index is 1660. The maximum absolute atomic E-state index is 9.92. The van der Waals surface area contributed by atoms with Gasteiger partial charge in [0.2, 0.25) is 0 Å². The molecule has 0 amide bonds. The van der Waals surface area contributed by atoms with Crippen molar-refractivity contribution in [2.75, 3.05) is 51.5 Å². The highest BCUT2D eigenvalue weighted by molar-refractivity contribution is 7.19. The molecule has 2 aromatic heterocycles. The normalized spacial score (nSPS) is 11.8. The van der Waals surface area contributed by atoms with Crippen LogP contribution in [-0.2, 0) is 16.0 Å². The van der Waals surface area contributed by atoms with Crippen LogP contribution in [0.2, 0.25) is 0 Å². The molecule has 0 saturated heterocycles. The van der Waals surface area contributed by atoms with Crippen molar-refractivity contribution in [2.24, 2.45) is 10.2 Å². The van der Waals surface area contributed by atoms with Crippen LogP contribution in [0.3, 0.4) is 0 Å². The average Bonchev–Trinajstić information content (AvgIpc) is 3.66. The molecule has 0 saturated carbocycles. The second-order valence-corrected chi connectivity index (χ2v) is 11.4. The minimum absolute atomic E-state index is 0.0146. The summed E-state index contributed by atoms with van der Waals surface area (Å²) in [6, 6.07) is 20.1. The topological polar surface area (TPSA) is 134 Å². The average molecular weight is 641 g/mol. The summed E-state index contributed by atoms with van der Waals surface area (Å²) in [4.78, 5) is 11.5. The molecule has 0 N–H and O–H groups in total. The maximum Gasteiger partial charge on any atom is 0.252 e. The standard InChI is InChI=1S/C34H40N8O3S/c1-6-24(4)26-11-9-25(10-12-26)23-42-30(22-36)29(21-35)37-33(42)40-39-32-31(38-34(46-32)41(7-2)8-3)27-13-15-28(16-14-27)45-20-19-44-18-17-43-5/h9-16,24H,6-8,17-20,23H2,1-5H3/b40-39+. The summed E-state index contributed by atoms with van der Waals surface area (Å²) in [6.45, 7) is 12.4. The molecule has 0 fully saturated rings. The van der Waals surface area contributed by atoms with Crippen molar-refractivity contribution < 1.29 is 14.2 Å². The Balaban J connectivity index is 1.63. The van der Waals surface area contributed by atoms with Crippen molar-refractivity contribution in [3.05, 3.63) is 71.0 Å². The molecular formula is C34H40N8O3S. The molecular weight excluding hydrogens is 600 g/mol.